The van der Waals surface area contributed by atoms with Crippen molar-refractivity contribution in [3.05, 3.63) is 23.6 Å². The molecular formula is C29H38F2O7. The predicted molar refractivity (Wildman–Crippen MR) is 133 cm³/mol. The molecule has 9 heteroatoms. The minimum atomic E-state index is -1.74. The van der Waals surface area contributed by atoms with Crippen LogP contribution in [0.1, 0.15) is 73.1 Å². The van der Waals surface area contributed by atoms with Crippen molar-refractivity contribution in [1.82, 2.24) is 0 Å². The van der Waals surface area contributed by atoms with Crippen LogP contribution in [0.25, 0.3) is 0 Å². The lowest BCUT2D eigenvalue weighted by Crippen LogP contribution is -2.65. The number of hydrogen-bond acceptors (Lipinski definition) is 7. The molecule has 210 valence electrons. The summed E-state index contributed by atoms with van der Waals surface area (Å²) < 4.78 is 41.9. The van der Waals surface area contributed by atoms with Crippen molar-refractivity contribution in [3.63, 3.8) is 0 Å². The van der Waals surface area contributed by atoms with Gasteiger partial charge in [-0.2, -0.15) is 0 Å². The van der Waals surface area contributed by atoms with Gasteiger partial charge in [-0.1, -0.05) is 40.7 Å². The Labute approximate surface area is 222 Å². The van der Waals surface area contributed by atoms with Gasteiger partial charge in [0.05, 0.1) is 6.10 Å². The van der Waals surface area contributed by atoms with Crippen LogP contribution in [0.3, 0.4) is 0 Å². The number of fused-ring (bicyclic) bond motifs is 5. The van der Waals surface area contributed by atoms with Gasteiger partial charge in [0.15, 0.2) is 18.0 Å². The highest BCUT2D eigenvalue weighted by molar-refractivity contribution is 6.04. The van der Waals surface area contributed by atoms with Crippen LogP contribution in [0, 0.1) is 34.5 Å². The molecule has 0 aromatic heterocycles. The zero-order valence-corrected chi connectivity index (χ0v) is 22.7. The first-order valence-corrected chi connectivity index (χ1v) is 13.6. The molecule has 0 saturated heterocycles. The van der Waals surface area contributed by atoms with E-state index in [9.17, 15) is 28.7 Å². The van der Waals surface area contributed by atoms with E-state index in [0.29, 0.717) is 12.8 Å². The average molecular weight is 537 g/mol. The molecule has 38 heavy (non-hydrogen) atoms. The number of ketones is 2. The summed E-state index contributed by atoms with van der Waals surface area (Å²) in [5.74, 6) is -5.58. The zero-order valence-electron chi connectivity index (χ0n) is 22.7. The Bertz CT molecular complexity index is 1100. The molecule has 0 aromatic rings. The maximum Gasteiger partial charge on any atom is 0.306 e. The Balaban J connectivity index is 1.80. The van der Waals surface area contributed by atoms with Crippen molar-refractivity contribution in [1.29, 1.82) is 0 Å². The maximum atomic E-state index is 15.7. The van der Waals surface area contributed by atoms with E-state index >= 15 is 4.39 Å². The van der Waals surface area contributed by atoms with Crippen LogP contribution in [0.2, 0.25) is 0 Å². The van der Waals surface area contributed by atoms with E-state index in [1.54, 1.807) is 27.7 Å². The van der Waals surface area contributed by atoms with Gasteiger partial charge in [-0.05, 0) is 43.6 Å². The standard InChI is InChI=1S/C29H38F2O7/c1-6-8-23(36)38-29(21(34)14-37-22(35)7-2)15(3)11-17-16-12-18(30)25-26(31)19(32)9-10-27(25,4)24(16)20(33)13-28(17,29)5/h9-10,15-18,20,24,33H,6-8,11-14H2,1-5H3/t15-,16-,17-,18-,20-,24+,27+,28-,29+/m0/s1. The summed E-state index contributed by atoms with van der Waals surface area (Å²) >= 11 is 0. The number of rotatable bonds is 7. The molecule has 0 unspecified atom stereocenters. The van der Waals surface area contributed by atoms with Crippen molar-refractivity contribution in [3.8, 4) is 0 Å². The molecule has 0 radical (unpaired) electrons. The van der Waals surface area contributed by atoms with Crippen LogP contribution < -0.4 is 0 Å². The molecule has 4 aliphatic rings. The van der Waals surface area contributed by atoms with E-state index in [4.69, 9.17) is 9.47 Å². The Morgan fingerprint density at radius 2 is 1.84 bits per heavy atom. The van der Waals surface area contributed by atoms with Crippen LogP contribution in [-0.2, 0) is 28.7 Å². The number of carbonyl (C=O) groups is 4. The fourth-order valence-corrected chi connectivity index (χ4v) is 8.41. The largest absolute Gasteiger partial charge is 0.457 e. The number of esters is 2. The number of aliphatic hydroxyl groups is 1. The number of carbonyl (C=O) groups excluding carboxylic acids is 4. The summed E-state index contributed by atoms with van der Waals surface area (Å²) in [5, 5.41) is 11.6. The number of ether oxygens (including phenoxy) is 2. The third kappa shape index (κ3) is 3.98. The molecule has 7 nitrogen and oxygen atoms in total. The van der Waals surface area contributed by atoms with Crippen molar-refractivity contribution in [2.24, 2.45) is 34.5 Å². The van der Waals surface area contributed by atoms with Crippen molar-refractivity contribution in [2.45, 2.75) is 91.0 Å². The number of alkyl halides is 1. The lowest BCUT2D eigenvalue weighted by Gasteiger charge is -2.60. The monoisotopic (exact) mass is 536 g/mol. The van der Waals surface area contributed by atoms with Gasteiger partial charge in [0.25, 0.3) is 0 Å². The summed E-state index contributed by atoms with van der Waals surface area (Å²) in [5.41, 5.74) is -4.20. The van der Waals surface area contributed by atoms with Gasteiger partial charge in [-0.25, -0.2) is 8.78 Å². The SMILES string of the molecule is CCCC(=O)O[C@@]1(C(=O)COC(=O)CC)[C@@H](C)C[C@H]2[C@@H]3C[C@H](F)C4=C(F)C(=O)C=C[C@]4(C)[C@H]3[C@@H](O)C[C@@]21C. The maximum absolute atomic E-state index is 15.7. The molecule has 0 heterocycles. The smallest absolute Gasteiger partial charge is 0.306 e. The molecule has 3 saturated carbocycles. The lowest BCUT2D eigenvalue weighted by molar-refractivity contribution is -0.207. The van der Waals surface area contributed by atoms with Gasteiger partial charge < -0.3 is 14.6 Å². The van der Waals surface area contributed by atoms with Crippen LogP contribution in [0.5, 0.6) is 0 Å². The van der Waals surface area contributed by atoms with E-state index < -0.39 is 82.4 Å². The second-order valence-corrected chi connectivity index (χ2v) is 11.9. The van der Waals surface area contributed by atoms with Crippen LogP contribution in [0.4, 0.5) is 8.78 Å². The summed E-state index contributed by atoms with van der Waals surface area (Å²) in [6.07, 6.45) is 0.771. The number of Topliss-reactive ketones (excluding diaryl/α,β-unsaturated/α-hetero) is 1. The molecule has 0 amide bonds. The predicted octanol–water partition coefficient (Wildman–Crippen LogP) is 4.36. The first-order chi connectivity index (χ1) is 17.8. The molecule has 4 aliphatic carbocycles. The third-order valence-corrected chi connectivity index (χ3v) is 9.89. The Morgan fingerprint density at radius 3 is 2.47 bits per heavy atom. The van der Waals surface area contributed by atoms with Gasteiger partial charge in [-0.15, -0.1) is 0 Å². The summed E-state index contributed by atoms with van der Waals surface area (Å²) in [6.45, 7) is 8.09. The second-order valence-electron chi connectivity index (χ2n) is 11.9. The van der Waals surface area contributed by atoms with Crippen molar-refractivity contribution < 1.29 is 42.5 Å². The third-order valence-electron chi connectivity index (χ3n) is 9.89. The lowest BCUT2D eigenvalue weighted by atomic mass is 9.45. The summed E-state index contributed by atoms with van der Waals surface area (Å²) in [6, 6.07) is 0. The van der Waals surface area contributed by atoms with Crippen molar-refractivity contribution in [2.75, 3.05) is 6.61 Å². The molecule has 4 rings (SSSR count). The molecule has 0 aromatic carbocycles. The molecule has 9 atom stereocenters. The first-order valence-electron chi connectivity index (χ1n) is 13.6. The van der Waals surface area contributed by atoms with E-state index in [-0.39, 0.29) is 37.2 Å². The van der Waals surface area contributed by atoms with Crippen molar-refractivity contribution >= 4 is 23.5 Å². The van der Waals surface area contributed by atoms with Crippen LogP contribution in [-0.4, -0.2) is 53.1 Å². The number of aliphatic hydroxyl groups excluding tert-OH is 1. The second kappa shape index (κ2) is 9.96. The highest BCUT2D eigenvalue weighted by atomic mass is 19.1. The fraction of sp³-hybridized carbons (Fsp3) is 0.724. The quantitative estimate of drug-likeness (QED) is 0.482. The van der Waals surface area contributed by atoms with Crippen LogP contribution >= 0.6 is 0 Å². The molecule has 0 spiro atoms. The van der Waals surface area contributed by atoms with E-state index in [2.05, 4.69) is 0 Å². The highest BCUT2D eigenvalue weighted by Crippen LogP contribution is 2.69. The summed E-state index contributed by atoms with van der Waals surface area (Å²) in [4.78, 5) is 50.7. The molecule has 0 bridgehead atoms. The topological polar surface area (TPSA) is 107 Å². The van der Waals surface area contributed by atoms with E-state index in [1.807, 2.05) is 6.92 Å². The zero-order chi connectivity index (χ0) is 28.2. The van der Waals surface area contributed by atoms with Gasteiger partial charge in [0.2, 0.25) is 11.6 Å². The number of allylic oxidation sites excluding steroid dienone is 4. The summed E-state index contributed by atoms with van der Waals surface area (Å²) in [7, 11) is 0. The number of hydrogen-bond donors (Lipinski definition) is 1. The fourth-order valence-electron chi connectivity index (χ4n) is 8.41. The van der Waals surface area contributed by atoms with Gasteiger partial charge >= 0.3 is 11.9 Å². The van der Waals surface area contributed by atoms with Crippen LogP contribution in [0.15, 0.2) is 23.6 Å². The number of halogens is 2. The van der Waals surface area contributed by atoms with E-state index in [0.717, 1.165) is 6.08 Å². The first kappa shape index (κ1) is 28.6. The molecular weight excluding hydrogens is 498 g/mol. The van der Waals surface area contributed by atoms with Gasteiger partial charge in [0.1, 0.15) is 6.17 Å². The average Bonchev–Trinajstić information content (AvgIpc) is 3.06. The Morgan fingerprint density at radius 1 is 1.16 bits per heavy atom. The molecule has 1 N–H and O–H groups in total. The molecule has 0 aliphatic heterocycles. The normalized spacial score (nSPS) is 41.7. The highest BCUT2D eigenvalue weighted by Gasteiger charge is 2.73. The van der Waals surface area contributed by atoms with Gasteiger partial charge in [0, 0.05) is 41.1 Å². The van der Waals surface area contributed by atoms with E-state index in [1.165, 1.54) is 6.08 Å². The minimum absolute atomic E-state index is 0.0409. The molecule has 3 fully saturated rings. The Kier molecular flexibility index (Phi) is 7.49. The Hall–Kier alpha value is -2.42. The minimum Gasteiger partial charge on any atom is -0.457 e. The van der Waals surface area contributed by atoms with Gasteiger partial charge in [-0.3, -0.25) is 19.2 Å².